The molecule has 1 unspecified atom stereocenters. The van der Waals surface area contributed by atoms with Crippen LogP contribution in [0.4, 0.5) is 0 Å². The zero-order valence-corrected chi connectivity index (χ0v) is 14.1. The van der Waals surface area contributed by atoms with Gasteiger partial charge in [-0.2, -0.15) is 0 Å². The Balaban J connectivity index is 2.42. The number of hydrogen-bond donors (Lipinski definition) is 2. The van der Waals surface area contributed by atoms with Gasteiger partial charge < -0.3 is 24.3 Å². The highest BCUT2D eigenvalue weighted by Crippen LogP contribution is 2.45. The number of aromatic hydroxyl groups is 2. The van der Waals surface area contributed by atoms with Gasteiger partial charge in [0.1, 0.15) is 11.5 Å². The van der Waals surface area contributed by atoms with Crippen LogP contribution in [0.25, 0.3) is 0 Å². The molecule has 23 heavy (non-hydrogen) atoms. The maximum atomic E-state index is 11.8. The molecule has 1 saturated heterocycles. The molecule has 2 N–H and O–H groups in total. The van der Waals surface area contributed by atoms with Crippen molar-refractivity contribution in [3.8, 4) is 11.5 Å². The van der Waals surface area contributed by atoms with Gasteiger partial charge in [0, 0.05) is 11.4 Å². The summed E-state index contributed by atoms with van der Waals surface area (Å²) in [6, 6.07) is 4.42. The summed E-state index contributed by atoms with van der Waals surface area (Å²) in [6.07, 6.45) is -0.0849. The molecule has 0 saturated carbocycles. The van der Waals surface area contributed by atoms with Crippen molar-refractivity contribution < 1.29 is 29.1 Å². The lowest BCUT2D eigenvalue weighted by Crippen LogP contribution is -2.41. The van der Waals surface area contributed by atoms with Gasteiger partial charge in [-0.3, -0.25) is 4.79 Å². The van der Waals surface area contributed by atoms with Gasteiger partial charge in [-0.05, 0) is 39.8 Å². The van der Waals surface area contributed by atoms with Crippen molar-refractivity contribution in [2.24, 2.45) is 0 Å². The summed E-state index contributed by atoms with van der Waals surface area (Å²) in [5.41, 5.74) is -0.964. The third-order valence-electron chi connectivity index (χ3n) is 4.65. The van der Waals surface area contributed by atoms with Crippen LogP contribution in [0.15, 0.2) is 18.2 Å². The Hall–Kier alpha value is -1.73. The normalized spacial score (nSPS) is 20.3. The van der Waals surface area contributed by atoms with Gasteiger partial charge in [0.15, 0.2) is 0 Å². The van der Waals surface area contributed by atoms with Gasteiger partial charge in [-0.25, -0.2) is 0 Å². The fraction of sp³-hybridized carbons (Fsp3) is 0.562. The Morgan fingerprint density at radius 3 is 2.09 bits per heavy atom. The number of phenols is 2. The molecule has 1 fully saturated rings. The van der Waals surface area contributed by atoms with Crippen LogP contribution in [0.2, 0.25) is 0 Å². The Labute approximate surface area is 136 Å². The second kappa shape index (κ2) is 6.05. The van der Waals surface area contributed by atoms with Gasteiger partial charge in [0.05, 0.1) is 24.7 Å². The SMILES string of the molecule is COC(=O)CC(B1OC(C)(C)C(C)(C)O1)c1c(O)cccc1O. The number of phenolic OH excluding ortho intramolecular Hbond substituents is 2. The van der Waals surface area contributed by atoms with Crippen molar-refractivity contribution in [1.82, 2.24) is 0 Å². The lowest BCUT2D eigenvalue weighted by molar-refractivity contribution is -0.140. The minimum Gasteiger partial charge on any atom is -0.508 e. The summed E-state index contributed by atoms with van der Waals surface area (Å²) in [5, 5.41) is 20.3. The summed E-state index contributed by atoms with van der Waals surface area (Å²) in [7, 11) is 0.493. The first-order valence-electron chi connectivity index (χ1n) is 7.52. The van der Waals surface area contributed by atoms with E-state index in [-0.39, 0.29) is 23.5 Å². The molecular weight excluding hydrogens is 299 g/mol. The first-order chi connectivity index (χ1) is 10.6. The molecule has 0 aliphatic carbocycles. The van der Waals surface area contributed by atoms with Crippen LogP contribution in [0, 0.1) is 0 Å². The number of rotatable bonds is 4. The topological polar surface area (TPSA) is 85.2 Å². The van der Waals surface area contributed by atoms with E-state index in [1.165, 1.54) is 25.3 Å². The van der Waals surface area contributed by atoms with E-state index in [9.17, 15) is 15.0 Å². The Morgan fingerprint density at radius 2 is 1.65 bits per heavy atom. The first-order valence-corrected chi connectivity index (χ1v) is 7.52. The largest absolute Gasteiger partial charge is 0.508 e. The molecule has 0 amide bonds. The molecule has 1 aliphatic heterocycles. The number of methoxy groups -OCH3 is 1. The monoisotopic (exact) mass is 322 g/mol. The van der Waals surface area contributed by atoms with Gasteiger partial charge in [-0.15, -0.1) is 0 Å². The maximum Gasteiger partial charge on any atom is 0.466 e. The van der Waals surface area contributed by atoms with E-state index in [1.807, 2.05) is 27.7 Å². The van der Waals surface area contributed by atoms with Crippen molar-refractivity contribution in [1.29, 1.82) is 0 Å². The van der Waals surface area contributed by atoms with Crippen LogP contribution in [-0.2, 0) is 18.8 Å². The summed E-state index contributed by atoms with van der Waals surface area (Å²) in [5.74, 6) is -1.40. The van der Waals surface area contributed by atoms with Gasteiger partial charge in [0.2, 0.25) is 0 Å². The molecule has 0 spiro atoms. The standard InChI is InChI=1S/C16H23BO6/c1-15(2)16(3,4)23-17(22-15)10(9-13(20)21-5)14-11(18)7-6-8-12(14)19/h6-8,10,18-19H,9H2,1-5H3. The lowest BCUT2D eigenvalue weighted by Gasteiger charge is -2.32. The minimum absolute atomic E-state index is 0.0849. The Bertz CT molecular complexity index is 562. The van der Waals surface area contributed by atoms with E-state index in [1.54, 1.807) is 0 Å². The fourth-order valence-corrected chi connectivity index (χ4v) is 2.57. The lowest BCUT2D eigenvalue weighted by atomic mass is 9.65. The molecule has 126 valence electrons. The van der Waals surface area contributed by atoms with Gasteiger partial charge >= 0.3 is 13.1 Å². The third-order valence-corrected chi connectivity index (χ3v) is 4.65. The predicted octanol–water partition coefficient (Wildman–Crippen LogP) is 2.38. The zero-order valence-electron chi connectivity index (χ0n) is 14.1. The van der Waals surface area contributed by atoms with Crippen molar-refractivity contribution in [3.05, 3.63) is 23.8 Å². The van der Waals surface area contributed by atoms with Crippen molar-refractivity contribution >= 4 is 13.1 Å². The van der Waals surface area contributed by atoms with Crippen LogP contribution in [-0.4, -0.2) is 41.6 Å². The van der Waals surface area contributed by atoms with Gasteiger partial charge in [-0.1, -0.05) is 6.07 Å². The number of carbonyl (C=O) groups excluding carboxylic acids is 1. The van der Waals surface area contributed by atoms with E-state index in [2.05, 4.69) is 0 Å². The van der Waals surface area contributed by atoms with Crippen molar-refractivity contribution in [3.63, 3.8) is 0 Å². The maximum absolute atomic E-state index is 11.8. The summed E-state index contributed by atoms with van der Waals surface area (Å²) < 4.78 is 16.7. The molecule has 1 aromatic rings. The molecule has 0 radical (unpaired) electrons. The number of hydrogen-bond acceptors (Lipinski definition) is 6. The molecule has 1 heterocycles. The number of esters is 1. The van der Waals surface area contributed by atoms with Crippen LogP contribution in [0.5, 0.6) is 11.5 Å². The molecule has 7 heteroatoms. The van der Waals surface area contributed by atoms with Crippen molar-refractivity contribution in [2.45, 2.75) is 51.1 Å². The molecule has 1 aromatic carbocycles. The van der Waals surface area contributed by atoms with E-state index >= 15 is 0 Å². The molecule has 0 bridgehead atoms. The summed E-state index contributed by atoms with van der Waals surface area (Å²) in [6.45, 7) is 7.58. The Kier molecular flexibility index (Phi) is 4.64. The molecule has 1 aliphatic rings. The predicted molar refractivity (Wildman–Crippen MR) is 85.2 cm³/mol. The number of carbonyl (C=O) groups is 1. The summed E-state index contributed by atoms with van der Waals surface area (Å²) in [4.78, 5) is 11.8. The average Bonchev–Trinajstić information content (AvgIpc) is 2.65. The molecule has 2 rings (SSSR count). The van der Waals surface area contributed by atoms with Crippen LogP contribution < -0.4 is 0 Å². The van der Waals surface area contributed by atoms with E-state index in [0.29, 0.717) is 0 Å². The minimum atomic E-state index is -0.793. The van der Waals surface area contributed by atoms with E-state index in [0.717, 1.165) is 0 Å². The quantitative estimate of drug-likeness (QED) is 0.654. The van der Waals surface area contributed by atoms with Crippen LogP contribution in [0.1, 0.15) is 45.5 Å². The highest BCUT2D eigenvalue weighted by atomic mass is 16.7. The average molecular weight is 322 g/mol. The first kappa shape index (κ1) is 17.6. The third kappa shape index (κ3) is 3.30. The molecular formula is C16H23BO6. The fourth-order valence-electron chi connectivity index (χ4n) is 2.57. The smallest absolute Gasteiger partial charge is 0.466 e. The molecule has 0 aromatic heterocycles. The highest BCUT2D eigenvalue weighted by Gasteiger charge is 2.55. The molecule has 1 atom stereocenters. The second-order valence-corrected chi connectivity index (χ2v) is 6.72. The van der Waals surface area contributed by atoms with Crippen molar-refractivity contribution in [2.75, 3.05) is 7.11 Å². The van der Waals surface area contributed by atoms with Crippen LogP contribution in [0.3, 0.4) is 0 Å². The molecule has 6 nitrogen and oxygen atoms in total. The zero-order chi connectivity index (χ0) is 17.4. The Morgan fingerprint density at radius 1 is 1.17 bits per heavy atom. The second-order valence-electron chi connectivity index (χ2n) is 6.72. The van der Waals surface area contributed by atoms with Crippen LogP contribution >= 0.6 is 0 Å². The highest BCUT2D eigenvalue weighted by molar-refractivity contribution is 6.48. The summed E-state index contributed by atoms with van der Waals surface area (Å²) >= 11 is 0. The number of ether oxygens (including phenoxy) is 1. The van der Waals surface area contributed by atoms with Gasteiger partial charge in [0.25, 0.3) is 0 Å². The number of benzene rings is 1. The van der Waals surface area contributed by atoms with E-state index in [4.69, 9.17) is 14.0 Å². The van der Waals surface area contributed by atoms with E-state index < -0.39 is 30.1 Å².